The van der Waals surface area contributed by atoms with Crippen LogP contribution in [0.4, 0.5) is 17.2 Å². The zero-order chi connectivity index (χ0) is 26.3. The summed E-state index contributed by atoms with van der Waals surface area (Å²) in [5.41, 5.74) is 2.94. The standard InChI is InChI=1S/C26H39N7O3/c1-26(2,3)36-22(34)16-33(6)20-13-19(9-10-21(20)35-7)31-25-23-18(14-28-24(23)29-17-30-25)15-32(5)12-8-11-27-4/h9-10,13-14,17,27H,8,11-12,15-16H2,1-7H3,(H2,28,29,30,31). The van der Waals surface area contributed by atoms with Crippen LogP contribution >= 0.6 is 0 Å². The Morgan fingerprint density at radius 2 is 1.97 bits per heavy atom. The summed E-state index contributed by atoms with van der Waals surface area (Å²) in [5.74, 6) is 1.06. The van der Waals surface area contributed by atoms with Crippen LogP contribution in [0.1, 0.15) is 32.8 Å². The number of anilines is 3. The number of carbonyl (C=O) groups is 1. The van der Waals surface area contributed by atoms with E-state index in [-0.39, 0.29) is 12.5 Å². The fourth-order valence-electron chi connectivity index (χ4n) is 4.00. The monoisotopic (exact) mass is 497 g/mol. The number of ether oxygens (including phenoxy) is 2. The SMILES string of the molecule is CNCCCN(C)Cc1c[nH]c2ncnc(Nc3ccc(OC)c(N(C)CC(=O)OC(C)(C)C)c3)c12. The molecule has 0 unspecified atom stereocenters. The number of hydrogen-bond acceptors (Lipinski definition) is 9. The number of nitrogens with zero attached hydrogens (tertiary/aromatic N) is 4. The number of hydrogen-bond donors (Lipinski definition) is 3. The first-order valence-corrected chi connectivity index (χ1v) is 12.1. The molecule has 10 nitrogen and oxygen atoms in total. The van der Waals surface area contributed by atoms with Crippen LogP contribution in [-0.4, -0.2) is 79.3 Å². The van der Waals surface area contributed by atoms with Crippen molar-refractivity contribution in [2.45, 2.75) is 39.3 Å². The third kappa shape index (κ3) is 7.32. The van der Waals surface area contributed by atoms with Crippen molar-refractivity contribution in [2.75, 3.05) is 58.1 Å². The Labute approximate surface area is 213 Å². The number of fused-ring (bicyclic) bond motifs is 1. The van der Waals surface area contributed by atoms with Crippen LogP contribution in [0.2, 0.25) is 0 Å². The van der Waals surface area contributed by atoms with E-state index in [1.165, 1.54) is 0 Å². The minimum Gasteiger partial charge on any atom is -0.495 e. The molecule has 0 aliphatic carbocycles. The van der Waals surface area contributed by atoms with Crippen molar-refractivity contribution < 1.29 is 14.3 Å². The molecule has 2 aromatic heterocycles. The zero-order valence-electron chi connectivity index (χ0n) is 22.4. The molecule has 0 radical (unpaired) electrons. The van der Waals surface area contributed by atoms with Crippen molar-refractivity contribution >= 4 is 34.2 Å². The molecule has 3 N–H and O–H groups in total. The molecule has 10 heteroatoms. The summed E-state index contributed by atoms with van der Waals surface area (Å²) < 4.78 is 11.0. The number of H-pyrrole nitrogens is 1. The Morgan fingerprint density at radius 3 is 2.67 bits per heavy atom. The second kappa shape index (κ2) is 12.0. The number of carbonyl (C=O) groups excluding carboxylic acids is 1. The summed E-state index contributed by atoms with van der Waals surface area (Å²) in [6, 6.07) is 5.73. The van der Waals surface area contributed by atoms with Gasteiger partial charge in [-0.25, -0.2) is 9.97 Å². The van der Waals surface area contributed by atoms with Crippen LogP contribution in [0, 0.1) is 0 Å². The smallest absolute Gasteiger partial charge is 0.326 e. The lowest BCUT2D eigenvalue weighted by molar-refractivity contribution is -0.152. The van der Waals surface area contributed by atoms with Gasteiger partial charge in [-0.1, -0.05) is 0 Å². The van der Waals surface area contributed by atoms with Crippen molar-refractivity contribution in [1.29, 1.82) is 0 Å². The predicted molar refractivity (Wildman–Crippen MR) is 144 cm³/mol. The maximum absolute atomic E-state index is 12.4. The molecule has 0 saturated heterocycles. The molecule has 1 aromatic carbocycles. The first kappa shape index (κ1) is 27.2. The Kier molecular flexibility index (Phi) is 9.11. The van der Waals surface area contributed by atoms with Gasteiger partial charge in [-0.15, -0.1) is 0 Å². The molecule has 0 aliphatic heterocycles. The number of benzene rings is 1. The van der Waals surface area contributed by atoms with Crippen molar-refractivity contribution in [3.63, 3.8) is 0 Å². The maximum Gasteiger partial charge on any atom is 0.326 e. The number of nitrogens with one attached hydrogen (secondary N) is 3. The van der Waals surface area contributed by atoms with Gasteiger partial charge >= 0.3 is 5.97 Å². The fourth-order valence-corrected chi connectivity index (χ4v) is 4.00. The molecule has 3 aromatic rings. The van der Waals surface area contributed by atoms with Gasteiger partial charge in [0.15, 0.2) is 0 Å². The highest BCUT2D eigenvalue weighted by Crippen LogP contribution is 2.33. The minimum absolute atomic E-state index is 0.0939. The second-order valence-corrected chi connectivity index (χ2v) is 9.91. The van der Waals surface area contributed by atoms with Crippen LogP contribution in [0.5, 0.6) is 5.75 Å². The van der Waals surface area contributed by atoms with E-state index in [1.807, 2.05) is 64.2 Å². The van der Waals surface area contributed by atoms with Crippen LogP contribution in [0.25, 0.3) is 11.0 Å². The molecule has 196 valence electrons. The van der Waals surface area contributed by atoms with Gasteiger partial charge in [0.05, 0.1) is 18.2 Å². The van der Waals surface area contributed by atoms with Gasteiger partial charge in [-0.2, -0.15) is 0 Å². The third-order valence-electron chi connectivity index (χ3n) is 5.60. The van der Waals surface area contributed by atoms with Gasteiger partial charge < -0.3 is 34.9 Å². The summed E-state index contributed by atoms with van der Waals surface area (Å²) in [6.07, 6.45) is 4.61. The Hall–Kier alpha value is -3.37. The first-order chi connectivity index (χ1) is 17.1. The van der Waals surface area contributed by atoms with E-state index in [4.69, 9.17) is 9.47 Å². The Morgan fingerprint density at radius 1 is 1.19 bits per heavy atom. The summed E-state index contributed by atoms with van der Waals surface area (Å²) in [7, 11) is 7.53. The predicted octanol–water partition coefficient (Wildman–Crippen LogP) is 3.53. The fraction of sp³-hybridized carbons (Fsp3) is 0.500. The molecule has 3 rings (SSSR count). The Bertz CT molecular complexity index is 1160. The first-order valence-electron chi connectivity index (χ1n) is 12.1. The van der Waals surface area contributed by atoms with Crippen LogP contribution < -0.4 is 20.3 Å². The molecule has 0 spiro atoms. The van der Waals surface area contributed by atoms with Gasteiger partial charge in [0, 0.05) is 25.5 Å². The largest absolute Gasteiger partial charge is 0.495 e. The molecular formula is C26H39N7O3. The number of esters is 1. The summed E-state index contributed by atoms with van der Waals surface area (Å²) in [6.45, 7) is 8.40. The number of aromatic nitrogens is 3. The van der Waals surface area contributed by atoms with E-state index >= 15 is 0 Å². The molecular weight excluding hydrogens is 458 g/mol. The zero-order valence-corrected chi connectivity index (χ0v) is 22.4. The molecule has 36 heavy (non-hydrogen) atoms. The maximum atomic E-state index is 12.4. The quantitative estimate of drug-likeness (QED) is 0.256. The van der Waals surface area contributed by atoms with Crippen molar-refractivity contribution in [2.24, 2.45) is 0 Å². The van der Waals surface area contributed by atoms with Crippen molar-refractivity contribution in [3.8, 4) is 5.75 Å². The van der Waals surface area contributed by atoms with Crippen molar-refractivity contribution in [1.82, 2.24) is 25.2 Å². The summed E-state index contributed by atoms with van der Waals surface area (Å²) in [5, 5.41) is 7.58. The topological polar surface area (TPSA) is 108 Å². The molecule has 0 amide bonds. The second-order valence-electron chi connectivity index (χ2n) is 9.91. The molecule has 0 saturated carbocycles. The van der Waals surface area contributed by atoms with Crippen LogP contribution in [-0.2, 0) is 16.1 Å². The number of methoxy groups -OCH3 is 1. The van der Waals surface area contributed by atoms with Crippen LogP contribution in [0.15, 0.2) is 30.7 Å². The van der Waals surface area contributed by atoms with Crippen LogP contribution in [0.3, 0.4) is 0 Å². The van der Waals surface area contributed by atoms with E-state index in [2.05, 4.69) is 37.5 Å². The molecule has 2 heterocycles. The van der Waals surface area contributed by atoms with Gasteiger partial charge in [-0.05, 0) is 78.1 Å². The highest BCUT2D eigenvalue weighted by Gasteiger charge is 2.20. The van der Waals surface area contributed by atoms with E-state index in [0.29, 0.717) is 11.6 Å². The van der Waals surface area contributed by atoms with E-state index in [0.717, 1.165) is 54.0 Å². The molecule has 0 fully saturated rings. The lowest BCUT2D eigenvalue weighted by Crippen LogP contribution is -2.32. The van der Waals surface area contributed by atoms with E-state index in [1.54, 1.807) is 13.4 Å². The summed E-state index contributed by atoms with van der Waals surface area (Å²) >= 11 is 0. The third-order valence-corrected chi connectivity index (χ3v) is 5.60. The van der Waals surface area contributed by atoms with Gasteiger partial charge in [0.1, 0.15) is 35.7 Å². The minimum atomic E-state index is -0.543. The lowest BCUT2D eigenvalue weighted by Gasteiger charge is -2.25. The van der Waals surface area contributed by atoms with E-state index in [9.17, 15) is 4.79 Å². The van der Waals surface area contributed by atoms with Gasteiger partial charge in [-0.3, -0.25) is 4.79 Å². The molecule has 0 bridgehead atoms. The average Bonchev–Trinajstić information content (AvgIpc) is 3.21. The normalized spacial score (nSPS) is 11.7. The number of likely N-dealkylation sites (N-methyl/N-ethyl adjacent to an activating group) is 1. The molecule has 0 atom stereocenters. The van der Waals surface area contributed by atoms with Gasteiger partial charge in [0.2, 0.25) is 0 Å². The average molecular weight is 498 g/mol. The van der Waals surface area contributed by atoms with Gasteiger partial charge in [0.25, 0.3) is 0 Å². The highest BCUT2D eigenvalue weighted by atomic mass is 16.6. The van der Waals surface area contributed by atoms with Crippen molar-refractivity contribution in [3.05, 3.63) is 36.3 Å². The van der Waals surface area contributed by atoms with E-state index < -0.39 is 5.60 Å². The Balaban J connectivity index is 1.83. The summed E-state index contributed by atoms with van der Waals surface area (Å²) in [4.78, 5) is 28.7. The number of aromatic amines is 1. The lowest BCUT2D eigenvalue weighted by atomic mass is 10.2. The molecule has 0 aliphatic rings. The highest BCUT2D eigenvalue weighted by molar-refractivity contribution is 5.92. The number of rotatable bonds is 12.